The summed E-state index contributed by atoms with van der Waals surface area (Å²) in [4.78, 5) is 24.0. The van der Waals surface area contributed by atoms with Crippen LogP contribution in [0.1, 0.15) is 21.5 Å². The number of amides is 2. The van der Waals surface area contributed by atoms with Crippen LogP contribution in [0.3, 0.4) is 0 Å². The van der Waals surface area contributed by atoms with E-state index in [-0.39, 0.29) is 17.9 Å². The molecular weight excluding hydrogens is 391 g/mol. The largest absolute Gasteiger partial charge is 0.497 e. The second kappa shape index (κ2) is 9.58. The van der Waals surface area contributed by atoms with Crippen molar-refractivity contribution in [2.24, 2.45) is 5.10 Å². The van der Waals surface area contributed by atoms with E-state index in [1.807, 2.05) is 0 Å². The van der Waals surface area contributed by atoms with Crippen LogP contribution in [0.2, 0.25) is 0 Å². The van der Waals surface area contributed by atoms with Crippen molar-refractivity contribution in [1.82, 2.24) is 10.7 Å². The molecule has 0 atom stereocenters. The highest BCUT2D eigenvalue weighted by molar-refractivity contribution is 5.99. The number of hydrazone groups is 1. The van der Waals surface area contributed by atoms with Crippen LogP contribution < -0.4 is 20.2 Å². The molecule has 154 valence electrons. The molecule has 2 rings (SSSR count). The molecule has 0 radical (unpaired) electrons. The number of carbonyl (C=O) groups is 2. The Balaban J connectivity index is 1.87. The van der Waals surface area contributed by atoms with Crippen molar-refractivity contribution in [2.75, 3.05) is 20.8 Å². The first-order valence-electron chi connectivity index (χ1n) is 8.24. The third kappa shape index (κ3) is 6.23. The third-order valence-electron chi connectivity index (χ3n) is 3.70. The Hall–Kier alpha value is -3.56. The van der Waals surface area contributed by atoms with Crippen LogP contribution >= 0.6 is 0 Å². The zero-order valence-electron chi connectivity index (χ0n) is 15.5. The van der Waals surface area contributed by atoms with Gasteiger partial charge < -0.3 is 14.8 Å². The average molecular weight is 409 g/mol. The molecule has 2 aromatic rings. The molecule has 2 N–H and O–H groups in total. The van der Waals surface area contributed by atoms with Crippen molar-refractivity contribution in [3.63, 3.8) is 0 Å². The quantitative estimate of drug-likeness (QED) is 0.544. The molecule has 0 heterocycles. The predicted octanol–water partition coefficient (Wildman–Crippen LogP) is 2.60. The van der Waals surface area contributed by atoms with Gasteiger partial charge in [-0.15, -0.1) is 0 Å². The van der Waals surface area contributed by atoms with Gasteiger partial charge in [0.2, 0.25) is 0 Å². The minimum atomic E-state index is -4.42. The Kier molecular flexibility index (Phi) is 7.18. The Morgan fingerprint density at radius 2 is 1.76 bits per heavy atom. The second-order valence-electron chi connectivity index (χ2n) is 5.66. The highest BCUT2D eigenvalue weighted by Gasteiger charge is 2.29. The van der Waals surface area contributed by atoms with E-state index in [2.05, 4.69) is 15.8 Å². The van der Waals surface area contributed by atoms with Gasteiger partial charge in [-0.1, -0.05) is 12.1 Å². The molecule has 0 spiro atoms. The molecule has 0 aliphatic rings. The van der Waals surface area contributed by atoms with E-state index in [1.54, 1.807) is 6.07 Å². The fraction of sp³-hybridized carbons (Fsp3) is 0.211. The molecule has 10 heteroatoms. The second-order valence-corrected chi connectivity index (χ2v) is 5.66. The number of nitrogens with zero attached hydrogens (tertiary/aromatic N) is 1. The Bertz CT molecular complexity index is 897. The van der Waals surface area contributed by atoms with Gasteiger partial charge in [0, 0.05) is 6.07 Å². The lowest BCUT2D eigenvalue weighted by Crippen LogP contribution is -2.35. The Labute approximate surface area is 164 Å². The molecule has 2 amide bonds. The van der Waals surface area contributed by atoms with Crippen LogP contribution in [0, 0.1) is 0 Å². The number of benzene rings is 2. The molecule has 0 saturated heterocycles. The van der Waals surface area contributed by atoms with E-state index in [1.165, 1.54) is 44.7 Å². The summed E-state index contributed by atoms with van der Waals surface area (Å²) in [5, 5.41) is 6.06. The number of nitrogens with one attached hydrogen (secondary N) is 2. The van der Waals surface area contributed by atoms with Crippen LogP contribution in [0.15, 0.2) is 47.6 Å². The van der Waals surface area contributed by atoms with E-state index in [4.69, 9.17) is 9.47 Å². The molecule has 0 fully saturated rings. The molecule has 0 bridgehead atoms. The fourth-order valence-corrected chi connectivity index (χ4v) is 2.22. The number of halogens is 3. The summed E-state index contributed by atoms with van der Waals surface area (Å²) in [7, 11) is 2.87. The van der Waals surface area contributed by atoms with Crippen LogP contribution in [0.5, 0.6) is 11.5 Å². The van der Waals surface area contributed by atoms with Gasteiger partial charge in [-0.3, -0.25) is 9.59 Å². The van der Waals surface area contributed by atoms with Crippen molar-refractivity contribution < 1.29 is 32.2 Å². The molecule has 2 aromatic carbocycles. The molecule has 0 aliphatic carbocycles. The maximum atomic E-state index is 12.5. The number of methoxy groups -OCH3 is 2. The van der Waals surface area contributed by atoms with Gasteiger partial charge in [0.05, 0.1) is 38.1 Å². The maximum Gasteiger partial charge on any atom is 0.416 e. The summed E-state index contributed by atoms with van der Waals surface area (Å²) in [6.07, 6.45) is -3.24. The zero-order valence-corrected chi connectivity index (χ0v) is 15.5. The lowest BCUT2D eigenvalue weighted by molar-refractivity contribution is -0.137. The Morgan fingerprint density at radius 3 is 2.34 bits per heavy atom. The number of rotatable bonds is 7. The van der Waals surface area contributed by atoms with Crippen molar-refractivity contribution in [3.05, 3.63) is 59.2 Å². The summed E-state index contributed by atoms with van der Waals surface area (Å²) in [5.41, 5.74) is 1.97. The van der Waals surface area contributed by atoms with E-state index < -0.39 is 23.6 Å². The molecule has 7 nitrogen and oxygen atoms in total. The highest BCUT2D eigenvalue weighted by Crippen LogP contribution is 2.28. The molecule has 0 unspecified atom stereocenters. The molecule has 29 heavy (non-hydrogen) atoms. The summed E-state index contributed by atoms with van der Waals surface area (Å²) in [6.45, 7) is -0.363. The van der Waals surface area contributed by atoms with Gasteiger partial charge in [-0.05, 0) is 29.8 Å². The van der Waals surface area contributed by atoms with Crippen LogP contribution in [-0.2, 0) is 11.0 Å². The van der Waals surface area contributed by atoms with Crippen LogP contribution in [-0.4, -0.2) is 38.8 Å². The highest BCUT2D eigenvalue weighted by atomic mass is 19.4. The summed E-state index contributed by atoms with van der Waals surface area (Å²) >= 11 is 0. The smallest absolute Gasteiger partial charge is 0.416 e. The van der Waals surface area contributed by atoms with Gasteiger partial charge in [0.25, 0.3) is 11.8 Å². The van der Waals surface area contributed by atoms with E-state index >= 15 is 0 Å². The van der Waals surface area contributed by atoms with E-state index in [0.29, 0.717) is 11.3 Å². The first-order valence-corrected chi connectivity index (χ1v) is 8.24. The number of hydrogen-bond donors (Lipinski definition) is 2. The molecule has 0 aliphatic heterocycles. The van der Waals surface area contributed by atoms with Gasteiger partial charge in [0.15, 0.2) is 0 Å². The normalized spacial score (nSPS) is 11.2. The number of hydrogen-bond acceptors (Lipinski definition) is 5. The van der Waals surface area contributed by atoms with E-state index in [9.17, 15) is 22.8 Å². The summed E-state index contributed by atoms with van der Waals surface area (Å²) in [5.74, 6) is -0.364. The summed E-state index contributed by atoms with van der Waals surface area (Å²) in [6, 6.07) is 8.85. The number of alkyl halides is 3. The van der Waals surface area contributed by atoms with Crippen molar-refractivity contribution in [3.8, 4) is 11.5 Å². The lowest BCUT2D eigenvalue weighted by atomic mass is 10.1. The monoisotopic (exact) mass is 409 g/mol. The van der Waals surface area contributed by atoms with Crippen LogP contribution in [0.25, 0.3) is 0 Å². The third-order valence-corrected chi connectivity index (χ3v) is 3.70. The van der Waals surface area contributed by atoms with Gasteiger partial charge >= 0.3 is 6.18 Å². The fourth-order valence-electron chi connectivity index (χ4n) is 2.22. The topological polar surface area (TPSA) is 89.0 Å². The molecule has 0 aromatic heterocycles. The first kappa shape index (κ1) is 21.7. The average Bonchev–Trinajstić information content (AvgIpc) is 2.71. The number of ether oxygens (including phenoxy) is 2. The van der Waals surface area contributed by atoms with Gasteiger partial charge in [0.1, 0.15) is 11.5 Å². The minimum absolute atomic E-state index is 0.217. The van der Waals surface area contributed by atoms with Gasteiger partial charge in [-0.2, -0.15) is 18.3 Å². The van der Waals surface area contributed by atoms with Crippen molar-refractivity contribution in [2.45, 2.75) is 6.18 Å². The van der Waals surface area contributed by atoms with Crippen molar-refractivity contribution in [1.29, 1.82) is 0 Å². The summed E-state index contributed by atoms with van der Waals surface area (Å²) < 4.78 is 47.7. The molecule has 0 saturated carbocycles. The Morgan fingerprint density at radius 1 is 1.07 bits per heavy atom. The van der Waals surface area contributed by atoms with E-state index in [0.717, 1.165) is 12.1 Å². The number of carbonyl (C=O) groups excluding carboxylic acids is 2. The lowest BCUT2D eigenvalue weighted by Gasteiger charge is -2.10. The zero-order chi connectivity index (χ0) is 21.4. The van der Waals surface area contributed by atoms with Crippen molar-refractivity contribution >= 4 is 18.0 Å². The first-order chi connectivity index (χ1) is 13.7. The minimum Gasteiger partial charge on any atom is -0.497 e. The SMILES string of the molecule is COc1ccc(C(=O)NCC(=O)N/N=C/c2ccc(C(F)(F)F)cc2)c(OC)c1. The maximum absolute atomic E-state index is 12.5. The molecular formula is C19H18F3N3O4. The van der Waals surface area contributed by atoms with Gasteiger partial charge in [-0.25, -0.2) is 5.43 Å². The van der Waals surface area contributed by atoms with Crippen LogP contribution in [0.4, 0.5) is 13.2 Å². The predicted molar refractivity (Wildman–Crippen MR) is 99.1 cm³/mol. The standard InChI is InChI=1S/C19H18F3N3O4/c1-28-14-7-8-15(16(9-14)29-2)18(27)23-11-17(26)25-24-10-12-3-5-13(6-4-12)19(20,21)22/h3-10H,11H2,1-2H3,(H,23,27)(H,25,26)/b24-10+.